The molecule has 1 aromatic rings. The van der Waals surface area contributed by atoms with E-state index in [4.69, 9.17) is 15.6 Å². The third-order valence-electron chi connectivity index (χ3n) is 1.58. The van der Waals surface area contributed by atoms with Gasteiger partial charge in [0.15, 0.2) is 0 Å². The zero-order chi connectivity index (χ0) is 11.4. The van der Waals surface area contributed by atoms with Crippen molar-refractivity contribution in [2.45, 2.75) is 0 Å². The van der Waals surface area contributed by atoms with Gasteiger partial charge in [-0.2, -0.15) is 0 Å². The molecule has 1 aromatic carbocycles. The van der Waals surface area contributed by atoms with Crippen LogP contribution in [0.4, 0.5) is 4.79 Å². The molecular weight excluding hydrogens is 202 g/mol. The quantitative estimate of drug-likeness (QED) is 0.387. The fourth-order valence-electron chi connectivity index (χ4n) is 0.910. The minimum absolute atomic E-state index is 0.0573. The van der Waals surface area contributed by atoms with E-state index >= 15 is 0 Å². The minimum Gasteiger partial charge on any atom is -0.478 e. The van der Waals surface area contributed by atoms with E-state index in [0.717, 1.165) is 0 Å². The summed E-state index contributed by atoms with van der Waals surface area (Å²) in [6, 6.07) is 5.12. The first kappa shape index (κ1) is 10.7. The Labute approximate surface area is 84.2 Å². The molecule has 78 valence electrons. The van der Waals surface area contributed by atoms with Crippen LogP contribution in [0.15, 0.2) is 24.3 Å². The van der Waals surface area contributed by atoms with Gasteiger partial charge in [0.05, 0.1) is 5.56 Å². The first-order valence-electron chi connectivity index (χ1n) is 3.84. The van der Waals surface area contributed by atoms with E-state index in [1.54, 1.807) is 0 Å². The van der Waals surface area contributed by atoms with Crippen LogP contribution in [-0.4, -0.2) is 28.2 Å². The monoisotopic (exact) mass is 209 g/mol. The van der Waals surface area contributed by atoms with E-state index in [0.29, 0.717) is 0 Å². The highest BCUT2D eigenvalue weighted by Crippen LogP contribution is 2.06. The molecule has 0 amide bonds. The Balaban J connectivity index is 2.84. The Morgan fingerprint density at radius 1 is 1.07 bits per heavy atom. The van der Waals surface area contributed by atoms with E-state index in [2.05, 4.69) is 4.74 Å². The molecular formula is C9H7NO5. The van der Waals surface area contributed by atoms with Crippen LogP contribution in [0.25, 0.3) is 0 Å². The van der Waals surface area contributed by atoms with Gasteiger partial charge in [-0.25, -0.2) is 9.59 Å². The minimum atomic E-state index is -1.58. The second-order valence-corrected chi connectivity index (χ2v) is 2.58. The maximum atomic E-state index is 10.5. The average Bonchev–Trinajstić information content (AvgIpc) is 2.17. The largest absolute Gasteiger partial charge is 0.512 e. The number of benzene rings is 1. The molecule has 6 nitrogen and oxygen atoms in total. The van der Waals surface area contributed by atoms with Gasteiger partial charge >= 0.3 is 12.1 Å². The molecule has 0 bridgehead atoms. The maximum Gasteiger partial charge on any atom is 0.512 e. The number of carboxylic acids is 1. The number of nitrogens with one attached hydrogen (secondary N) is 1. The van der Waals surface area contributed by atoms with Crippen molar-refractivity contribution in [3.63, 3.8) is 0 Å². The highest BCUT2D eigenvalue weighted by Gasteiger charge is 2.08. The molecule has 0 aliphatic heterocycles. The third-order valence-corrected chi connectivity index (χ3v) is 1.58. The summed E-state index contributed by atoms with van der Waals surface area (Å²) in [4.78, 5) is 20.6. The molecule has 0 aliphatic carbocycles. The molecule has 0 unspecified atom stereocenters. The number of aromatic carboxylic acids is 1. The van der Waals surface area contributed by atoms with Gasteiger partial charge in [0.1, 0.15) is 0 Å². The van der Waals surface area contributed by atoms with Crippen molar-refractivity contribution >= 4 is 18.0 Å². The smallest absolute Gasteiger partial charge is 0.478 e. The van der Waals surface area contributed by atoms with E-state index in [1.807, 2.05) is 0 Å². The fourth-order valence-corrected chi connectivity index (χ4v) is 0.910. The Hall–Kier alpha value is -2.37. The first-order valence-corrected chi connectivity index (χ1v) is 3.84. The van der Waals surface area contributed by atoms with E-state index in [1.165, 1.54) is 24.3 Å². The van der Waals surface area contributed by atoms with E-state index in [9.17, 15) is 9.59 Å². The Kier molecular flexibility index (Phi) is 3.02. The molecule has 0 aromatic heterocycles. The molecule has 0 atom stereocenters. The molecule has 0 fully saturated rings. The van der Waals surface area contributed by atoms with Crippen molar-refractivity contribution in [2.24, 2.45) is 0 Å². The molecule has 0 heterocycles. The Morgan fingerprint density at radius 2 is 1.53 bits per heavy atom. The van der Waals surface area contributed by atoms with Gasteiger partial charge in [-0.1, -0.05) is 0 Å². The highest BCUT2D eigenvalue weighted by molar-refractivity contribution is 5.97. The van der Waals surface area contributed by atoms with Crippen LogP contribution in [0.5, 0.6) is 0 Å². The van der Waals surface area contributed by atoms with Gasteiger partial charge in [-0.05, 0) is 24.3 Å². The summed E-state index contributed by atoms with van der Waals surface area (Å²) in [5.74, 6) is -1.63. The van der Waals surface area contributed by atoms with Gasteiger partial charge in [-0.15, -0.1) is 0 Å². The maximum absolute atomic E-state index is 10.5. The summed E-state index contributed by atoms with van der Waals surface area (Å²) in [5, 5.41) is 24.0. The highest BCUT2D eigenvalue weighted by atomic mass is 16.7. The summed E-state index contributed by atoms with van der Waals surface area (Å²) >= 11 is 0. The Bertz CT molecular complexity index is 409. The summed E-state index contributed by atoms with van der Waals surface area (Å²) in [5.41, 5.74) is 0.254. The van der Waals surface area contributed by atoms with Crippen molar-refractivity contribution < 1.29 is 24.5 Å². The van der Waals surface area contributed by atoms with Gasteiger partial charge in [-0.3, -0.25) is 5.41 Å². The molecule has 0 saturated carbocycles. The van der Waals surface area contributed by atoms with Crippen molar-refractivity contribution in [3.8, 4) is 0 Å². The summed E-state index contributed by atoms with van der Waals surface area (Å²) < 4.78 is 4.09. The van der Waals surface area contributed by atoms with E-state index < -0.39 is 18.0 Å². The second-order valence-electron chi connectivity index (χ2n) is 2.58. The van der Waals surface area contributed by atoms with Crippen molar-refractivity contribution in [1.82, 2.24) is 0 Å². The number of rotatable bonds is 2. The zero-order valence-electron chi connectivity index (χ0n) is 7.43. The number of hydrogen-bond acceptors (Lipinski definition) is 4. The van der Waals surface area contributed by atoms with Crippen molar-refractivity contribution in [1.29, 1.82) is 5.41 Å². The molecule has 0 aliphatic rings. The summed E-state index contributed by atoms with van der Waals surface area (Å²) in [6.07, 6.45) is -1.58. The summed E-state index contributed by atoms with van der Waals surface area (Å²) in [6.45, 7) is 0. The van der Waals surface area contributed by atoms with Gasteiger partial charge in [0, 0.05) is 5.56 Å². The first-order chi connectivity index (χ1) is 7.00. The predicted octanol–water partition coefficient (Wildman–Crippen LogP) is 1.40. The molecule has 15 heavy (non-hydrogen) atoms. The SMILES string of the molecule is N=C(OC(=O)O)c1ccc(C(=O)O)cc1. The lowest BCUT2D eigenvalue weighted by Crippen LogP contribution is -2.10. The van der Waals surface area contributed by atoms with Gasteiger partial charge < -0.3 is 14.9 Å². The topological polar surface area (TPSA) is 108 Å². The lowest BCUT2D eigenvalue weighted by atomic mass is 10.1. The number of hydrogen-bond donors (Lipinski definition) is 3. The summed E-state index contributed by atoms with van der Waals surface area (Å²) in [7, 11) is 0. The number of carboxylic acid groups (broad SMARTS) is 2. The van der Waals surface area contributed by atoms with Gasteiger partial charge in [0.2, 0.25) is 5.90 Å². The van der Waals surface area contributed by atoms with E-state index in [-0.39, 0.29) is 11.1 Å². The van der Waals surface area contributed by atoms with Crippen LogP contribution in [0.1, 0.15) is 15.9 Å². The second kappa shape index (κ2) is 4.23. The average molecular weight is 209 g/mol. The number of ether oxygens (including phenoxy) is 1. The Morgan fingerprint density at radius 3 is 1.93 bits per heavy atom. The van der Waals surface area contributed by atoms with Crippen LogP contribution < -0.4 is 0 Å². The molecule has 3 N–H and O–H groups in total. The van der Waals surface area contributed by atoms with Crippen LogP contribution in [-0.2, 0) is 4.74 Å². The lowest BCUT2D eigenvalue weighted by molar-refractivity contribution is 0.0696. The molecule has 0 spiro atoms. The van der Waals surface area contributed by atoms with Crippen molar-refractivity contribution in [2.75, 3.05) is 0 Å². The fraction of sp³-hybridized carbons (Fsp3) is 0. The van der Waals surface area contributed by atoms with Crippen LogP contribution in [0.2, 0.25) is 0 Å². The van der Waals surface area contributed by atoms with Gasteiger partial charge in [0.25, 0.3) is 0 Å². The van der Waals surface area contributed by atoms with Crippen LogP contribution in [0.3, 0.4) is 0 Å². The van der Waals surface area contributed by atoms with Crippen LogP contribution >= 0.6 is 0 Å². The molecule has 1 rings (SSSR count). The molecule has 6 heteroatoms. The normalized spacial score (nSPS) is 9.33. The molecule has 0 saturated heterocycles. The zero-order valence-corrected chi connectivity index (χ0v) is 7.43. The lowest BCUT2D eigenvalue weighted by Gasteiger charge is -2.01. The standard InChI is InChI=1S/C9H7NO5/c10-7(15-9(13)14)5-1-3-6(4-2-5)8(11)12/h1-4,10H,(H,11,12)(H,13,14). The predicted molar refractivity (Wildman–Crippen MR) is 49.3 cm³/mol. The van der Waals surface area contributed by atoms with Crippen molar-refractivity contribution in [3.05, 3.63) is 35.4 Å². The third kappa shape index (κ3) is 2.80. The number of carbonyl (C=O) groups is 2. The van der Waals surface area contributed by atoms with Crippen LogP contribution in [0, 0.1) is 5.41 Å². The molecule has 0 radical (unpaired) electrons.